The number of benzene rings is 3. The van der Waals surface area contributed by atoms with Gasteiger partial charge in [-0.2, -0.15) is 0 Å². The second-order valence-electron chi connectivity index (χ2n) is 11.2. The minimum Gasteiger partial charge on any atom is -0.490 e. The number of nitrogens with zero attached hydrogens (tertiary/aromatic N) is 2. The van der Waals surface area contributed by atoms with Gasteiger partial charge in [0.2, 0.25) is 0 Å². The molecule has 3 aromatic carbocycles. The van der Waals surface area contributed by atoms with Gasteiger partial charge in [0.25, 0.3) is 5.56 Å². The molecule has 0 saturated carbocycles. The molecule has 0 unspecified atom stereocenters. The van der Waals surface area contributed by atoms with Gasteiger partial charge in [-0.1, -0.05) is 35.6 Å². The molecule has 14 heteroatoms. The van der Waals surface area contributed by atoms with E-state index < -0.39 is 23.9 Å². The van der Waals surface area contributed by atoms with Crippen molar-refractivity contribution < 1.29 is 47.9 Å². The van der Waals surface area contributed by atoms with Crippen LogP contribution in [0.4, 0.5) is 0 Å². The Hall–Kier alpha value is -5.89. The zero-order valence-corrected chi connectivity index (χ0v) is 30.1. The predicted molar refractivity (Wildman–Crippen MR) is 191 cm³/mol. The Morgan fingerprint density at radius 2 is 1.54 bits per heavy atom. The Morgan fingerprint density at radius 3 is 2.19 bits per heavy atom. The van der Waals surface area contributed by atoms with Gasteiger partial charge in [0.15, 0.2) is 34.4 Å². The first-order valence-electron chi connectivity index (χ1n) is 16.5. The molecule has 2 heterocycles. The van der Waals surface area contributed by atoms with Crippen molar-refractivity contribution in [1.82, 2.24) is 4.57 Å². The quantitative estimate of drug-likeness (QED) is 0.172. The minimum absolute atomic E-state index is 0.121. The largest absolute Gasteiger partial charge is 0.490 e. The van der Waals surface area contributed by atoms with E-state index >= 15 is 0 Å². The number of hydrogen-bond donors (Lipinski definition) is 1. The lowest BCUT2D eigenvalue weighted by Gasteiger charge is -2.25. The Kier molecular flexibility index (Phi) is 12.1. The van der Waals surface area contributed by atoms with E-state index in [2.05, 4.69) is 9.73 Å². The maximum atomic E-state index is 14.2. The number of allylic oxidation sites excluding steroid dienone is 1. The first kappa shape index (κ1) is 37.4. The second-order valence-corrected chi connectivity index (χ2v) is 12.2. The number of thiazole rings is 1. The molecule has 0 fully saturated rings. The van der Waals surface area contributed by atoms with Crippen molar-refractivity contribution in [1.29, 1.82) is 0 Å². The number of aromatic nitrogens is 1. The molecular weight excluding hydrogens is 692 g/mol. The summed E-state index contributed by atoms with van der Waals surface area (Å²) < 4.78 is 35.3. The van der Waals surface area contributed by atoms with Crippen LogP contribution in [0.25, 0.3) is 6.08 Å². The average Bonchev–Trinajstić information content (AvgIpc) is 3.43. The molecule has 4 aromatic rings. The fourth-order valence-electron chi connectivity index (χ4n) is 5.44. The van der Waals surface area contributed by atoms with Gasteiger partial charge < -0.3 is 33.5 Å². The van der Waals surface area contributed by atoms with Crippen LogP contribution in [0.15, 0.2) is 81.7 Å². The Balaban J connectivity index is 1.54. The molecule has 1 aliphatic rings. The Bertz CT molecular complexity index is 2190. The zero-order chi connectivity index (χ0) is 37.4. The third kappa shape index (κ3) is 8.35. The summed E-state index contributed by atoms with van der Waals surface area (Å²) in [4.78, 5) is 55.6. The molecular formula is C38H38N2O11S. The van der Waals surface area contributed by atoms with Crippen molar-refractivity contribution in [3.63, 3.8) is 0 Å². The number of carboxylic acids is 1. The molecule has 0 amide bonds. The summed E-state index contributed by atoms with van der Waals surface area (Å²) in [7, 11) is 1.26. The van der Waals surface area contributed by atoms with Gasteiger partial charge in [-0.15, -0.1) is 0 Å². The van der Waals surface area contributed by atoms with Crippen LogP contribution in [0.2, 0.25) is 0 Å². The molecule has 13 nitrogen and oxygen atoms in total. The Morgan fingerprint density at radius 1 is 0.865 bits per heavy atom. The van der Waals surface area contributed by atoms with Crippen molar-refractivity contribution in [2.24, 2.45) is 4.99 Å². The van der Waals surface area contributed by atoms with Crippen LogP contribution >= 0.6 is 11.3 Å². The molecule has 1 aromatic heterocycles. The van der Waals surface area contributed by atoms with E-state index in [0.717, 1.165) is 5.56 Å². The SMILES string of the molecule is CCOC(=O)C1=C(C)N=c2s/c(=C\c3ccc(OCc4ccc(C(=O)O)cc4)c(OCC)c3)c(=O)n2[C@@H]1c1ccc(OCC(=O)OC)c(OCC)c1. The van der Waals surface area contributed by atoms with Crippen molar-refractivity contribution >= 4 is 35.3 Å². The first-order chi connectivity index (χ1) is 25.1. The molecule has 0 radical (unpaired) electrons. The van der Waals surface area contributed by atoms with Crippen molar-refractivity contribution in [2.45, 2.75) is 40.3 Å². The summed E-state index contributed by atoms with van der Waals surface area (Å²) in [6.45, 7) is 7.65. The number of aromatic carboxylic acids is 1. The molecule has 1 atom stereocenters. The maximum absolute atomic E-state index is 14.2. The third-order valence-electron chi connectivity index (χ3n) is 7.83. The van der Waals surface area contributed by atoms with E-state index in [9.17, 15) is 19.2 Å². The van der Waals surface area contributed by atoms with Gasteiger partial charge in [0.05, 0.1) is 54.3 Å². The topological polar surface area (TPSA) is 161 Å². The van der Waals surface area contributed by atoms with Crippen molar-refractivity contribution in [3.8, 4) is 23.0 Å². The molecule has 272 valence electrons. The van der Waals surface area contributed by atoms with Crippen LogP contribution in [0.5, 0.6) is 23.0 Å². The maximum Gasteiger partial charge on any atom is 0.343 e. The fraction of sp³-hybridized carbons (Fsp3) is 0.289. The molecule has 0 aliphatic carbocycles. The van der Waals surface area contributed by atoms with Crippen LogP contribution in [-0.4, -0.2) is 61.1 Å². The number of methoxy groups -OCH3 is 1. The molecule has 1 N–H and O–H groups in total. The standard InChI is InChI=1S/C38H38N2O11S/c1-6-47-29-17-24(11-15-27(29)50-20-23-9-12-25(13-10-23)36(43)44)18-31-35(42)40-34(33(37(45)49-8-3)22(4)39-38(40)52-31)26-14-16-28(30(19-26)48-7-2)51-21-32(41)46-5/h9-19,34H,6-8,20-21H2,1-5H3,(H,43,44)/b31-18-/t34-/m1/s1. The molecule has 0 spiro atoms. The van der Waals surface area contributed by atoms with Gasteiger partial charge in [-0.25, -0.2) is 19.4 Å². The number of rotatable bonds is 15. The van der Waals surface area contributed by atoms with E-state index in [1.54, 1.807) is 75.4 Å². The van der Waals surface area contributed by atoms with Gasteiger partial charge in [0, 0.05) is 0 Å². The number of fused-ring (bicyclic) bond motifs is 1. The van der Waals surface area contributed by atoms with E-state index in [4.69, 9.17) is 28.8 Å². The molecule has 0 bridgehead atoms. The second kappa shape index (κ2) is 16.9. The summed E-state index contributed by atoms with van der Waals surface area (Å²) in [6, 6.07) is 15.8. The molecule has 5 rings (SSSR count). The highest BCUT2D eigenvalue weighted by atomic mass is 32.1. The number of carbonyl (C=O) groups is 3. The lowest BCUT2D eigenvalue weighted by Crippen LogP contribution is -2.40. The van der Waals surface area contributed by atoms with Crippen molar-refractivity contribution in [2.75, 3.05) is 33.5 Å². The first-order valence-corrected chi connectivity index (χ1v) is 17.3. The van der Waals surface area contributed by atoms with E-state index in [-0.39, 0.29) is 48.9 Å². The van der Waals surface area contributed by atoms with Gasteiger partial charge in [-0.3, -0.25) is 9.36 Å². The smallest absolute Gasteiger partial charge is 0.343 e. The third-order valence-corrected chi connectivity index (χ3v) is 8.82. The normalized spacial score (nSPS) is 13.9. The fourth-order valence-corrected chi connectivity index (χ4v) is 6.49. The van der Waals surface area contributed by atoms with Gasteiger partial charge >= 0.3 is 17.9 Å². The van der Waals surface area contributed by atoms with Crippen LogP contribution in [0.1, 0.15) is 60.8 Å². The number of hydrogen-bond acceptors (Lipinski definition) is 12. The van der Waals surface area contributed by atoms with Crippen LogP contribution in [0.3, 0.4) is 0 Å². The number of ether oxygens (including phenoxy) is 6. The number of esters is 2. The number of carbonyl (C=O) groups excluding carboxylic acids is 2. The molecule has 0 saturated heterocycles. The van der Waals surface area contributed by atoms with E-state index in [0.29, 0.717) is 50.0 Å². The summed E-state index contributed by atoms with van der Waals surface area (Å²) in [5.41, 5.74) is 2.38. The zero-order valence-electron chi connectivity index (χ0n) is 29.3. The van der Waals surface area contributed by atoms with Gasteiger partial charge in [0.1, 0.15) is 6.61 Å². The monoisotopic (exact) mass is 730 g/mol. The Labute approximate surface area is 303 Å². The molecule has 1 aliphatic heterocycles. The van der Waals surface area contributed by atoms with Gasteiger partial charge in [-0.05, 0) is 86.9 Å². The van der Waals surface area contributed by atoms with Crippen LogP contribution in [-0.2, 0) is 25.7 Å². The lowest BCUT2D eigenvalue weighted by atomic mass is 9.95. The highest BCUT2D eigenvalue weighted by molar-refractivity contribution is 7.07. The lowest BCUT2D eigenvalue weighted by molar-refractivity contribution is -0.143. The minimum atomic E-state index is -1.01. The van der Waals surface area contributed by atoms with E-state index in [1.165, 1.54) is 35.1 Å². The predicted octanol–water partition coefficient (Wildman–Crippen LogP) is 4.42. The summed E-state index contributed by atoms with van der Waals surface area (Å²) in [5.74, 6) is -0.650. The molecule has 52 heavy (non-hydrogen) atoms. The van der Waals surface area contributed by atoms with Crippen molar-refractivity contribution in [3.05, 3.63) is 114 Å². The number of carboxylic acid groups (broad SMARTS) is 1. The summed E-state index contributed by atoms with van der Waals surface area (Å²) in [5, 5.41) is 9.16. The van der Waals surface area contributed by atoms with Crippen LogP contribution in [0, 0.1) is 0 Å². The van der Waals surface area contributed by atoms with Crippen LogP contribution < -0.4 is 33.8 Å². The summed E-state index contributed by atoms with van der Waals surface area (Å²) in [6.07, 6.45) is 1.72. The van der Waals surface area contributed by atoms with E-state index in [1.807, 2.05) is 6.92 Å². The highest BCUT2D eigenvalue weighted by Gasteiger charge is 2.34. The summed E-state index contributed by atoms with van der Waals surface area (Å²) >= 11 is 1.17. The average molecular weight is 731 g/mol. The highest BCUT2D eigenvalue weighted by Crippen LogP contribution is 2.36.